The van der Waals surface area contributed by atoms with E-state index in [0.29, 0.717) is 5.92 Å². The molecule has 1 saturated carbocycles. The highest BCUT2D eigenvalue weighted by atomic mass is 16.5. The molecule has 3 heteroatoms. The summed E-state index contributed by atoms with van der Waals surface area (Å²) in [7, 11) is 0. The summed E-state index contributed by atoms with van der Waals surface area (Å²) in [5.74, 6) is 1.48. The summed E-state index contributed by atoms with van der Waals surface area (Å²) in [5.41, 5.74) is 0.221. The van der Waals surface area contributed by atoms with Crippen LogP contribution in [0.1, 0.15) is 66.2 Å². The first-order chi connectivity index (χ1) is 9.89. The van der Waals surface area contributed by atoms with Gasteiger partial charge in [0.25, 0.3) is 0 Å². The van der Waals surface area contributed by atoms with Gasteiger partial charge in [0.1, 0.15) is 0 Å². The molecule has 0 spiro atoms. The topological polar surface area (TPSA) is 30.5 Å². The van der Waals surface area contributed by atoms with Crippen molar-refractivity contribution < 1.29 is 9.47 Å². The largest absolute Gasteiger partial charge is 0.381 e. The Morgan fingerprint density at radius 2 is 1.90 bits per heavy atom. The van der Waals surface area contributed by atoms with Crippen molar-refractivity contribution in [3.63, 3.8) is 0 Å². The monoisotopic (exact) mass is 297 g/mol. The van der Waals surface area contributed by atoms with Crippen molar-refractivity contribution in [2.45, 2.75) is 77.4 Å². The van der Waals surface area contributed by atoms with Crippen molar-refractivity contribution >= 4 is 0 Å². The van der Waals surface area contributed by atoms with Crippen LogP contribution >= 0.6 is 0 Å². The third-order valence-electron chi connectivity index (χ3n) is 4.96. The highest BCUT2D eigenvalue weighted by Gasteiger charge is 2.37. The standard InChI is InChI=1S/C18H35NO2/c1-15-6-5-9-18(12-15,14-19-17(2,3)4)21-13-16-7-10-20-11-8-16/h15-16,19H,5-14H2,1-4H3. The van der Waals surface area contributed by atoms with Gasteiger partial charge in [0, 0.05) is 25.3 Å². The normalized spacial score (nSPS) is 32.3. The Morgan fingerprint density at radius 1 is 1.19 bits per heavy atom. The molecule has 21 heavy (non-hydrogen) atoms. The number of hydrogen-bond acceptors (Lipinski definition) is 3. The van der Waals surface area contributed by atoms with Gasteiger partial charge in [0.05, 0.1) is 12.2 Å². The smallest absolute Gasteiger partial charge is 0.0809 e. The summed E-state index contributed by atoms with van der Waals surface area (Å²) in [5, 5.41) is 3.69. The van der Waals surface area contributed by atoms with E-state index in [0.717, 1.165) is 32.3 Å². The summed E-state index contributed by atoms with van der Waals surface area (Å²) >= 11 is 0. The minimum Gasteiger partial charge on any atom is -0.381 e. The van der Waals surface area contributed by atoms with Crippen molar-refractivity contribution in [3.05, 3.63) is 0 Å². The second kappa shape index (κ2) is 7.43. The number of ether oxygens (including phenoxy) is 2. The molecule has 1 saturated heterocycles. The lowest BCUT2D eigenvalue weighted by molar-refractivity contribution is -0.104. The molecule has 2 fully saturated rings. The Balaban J connectivity index is 1.90. The molecular formula is C18H35NO2. The first-order valence-corrected chi connectivity index (χ1v) is 8.85. The summed E-state index contributed by atoms with van der Waals surface area (Å²) in [6, 6.07) is 0. The molecule has 2 aliphatic rings. The molecule has 2 unspecified atom stereocenters. The first kappa shape index (κ1) is 17.2. The summed E-state index contributed by atoms with van der Waals surface area (Å²) in [4.78, 5) is 0. The maximum Gasteiger partial charge on any atom is 0.0809 e. The highest BCUT2D eigenvalue weighted by molar-refractivity contribution is 4.91. The summed E-state index contributed by atoms with van der Waals surface area (Å²) in [6.45, 7) is 12.8. The lowest BCUT2D eigenvalue weighted by Crippen LogP contribution is -2.51. The van der Waals surface area contributed by atoms with Crippen LogP contribution in [0.3, 0.4) is 0 Å². The van der Waals surface area contributed by atoms with Crippen LogP contribution in [-0.4, -0.2) is 37.5 Å². The minimum atomic E-state index is 0.0588. The predicted octanol–water partition coefficient (Wildman–Crippen LogP) is 3.77. The third-order valence-corrected chi connectivity index (χ3v) is 4.96. The second-order valence-electron chi connectivity index (χ2n) is 8.35. The molecule has 0 amide bonds. The van der Waals surface area contributed by atoms with Gasteiger partial charge in [-0.05, 0) is 58.3 Å². The fourth-order valence-electron chi connectivity index (χ4n) is 3.59. The number of hydrogen-bond donors (Lipinski definition) is 1. The molecular weight excluding hydrogens is 262 g/mol. The number of rotatable bonds is 5. The van der Waals surface area contributed by atoms with Crippen LogP contribution in [0.4, 0.5) is 0 Å². The van der Waals surface area contributed by atoms with Gasteiger partial charge in [0.2, 0.25) is 0 Å². The molecule has 0 bridgehead atoms. The molecule has 3 nitrogen and oxygen atoms in total. The SMILES string of the molecule is CC1CCCC(CNC(C)(C)C)(OCC2CCOCC2)C1. The average molecular weight is 297 g/mol. The zero-order valence-corrected chi connectivity index (χ0v) is 14.5. The molecule has 2 rings (SSSR count). The maximum atomic E-state index is 6.56. The molecule has 0 aromatic carbocycles. The molecule has 2 atom stereocenters. The van der Waals surface area contributed by atoms with Gasteiger partial charge in [0.15, 0.2) is 0 Å². The molecule has 0 radical (unpaired) electrons. The Morgan fingerprint density at radius 3 is 2.52 bits per heavy atom. The van der Waals surface area contributed by atoms with Crippen molar-refractivity contribution in [2.75, 3.05) is 26.4 Å². The van der Waals surface area contributed by atoms with E-state index in [1.807, 2.05) is 0 Å². The van der Waals surface area contributed by atoms with Crippen molar-refractivity contribution in [3.8, 4) is 0 Å². The van der Waals surface area contributed by atoms with Gasteiger partial charge in [-0.15, -0.1) is 0 Å². The predicted molar refractivity (Wildman–Crippen MR) is 87.6 cm³/mol. The molecule has 0 aromatic rings. The lowest BCUT2D eigenvalue weighted by Gasteiger charge is -2.43. The van der Waals surface area contributed by atoms with Crippen molar-refractivity contribution in [1.29, 1.82) is 0 Å². The minimum absolute atomic E-state index is 0.0588. The number of nitrogens with one attached hydrogen (secondary N) is 1. The van der Waals surface area contributed by atoms with E-state index in [1.54, 1.807) is 0 Å². The molecule has 1 N–H and O–H groups in total. The molecule has 1 heterocycles. The van der Waals surface area contributed by atoms with Gasteiger partial charge in [-0.25, -0.2) is 0 Å². The fourth-order valence-corrected chi connectivity index (χ4v) is 3.59. The van der Waals surface area contributed by atoms with Gasteiger partial charge >= 0.3 is 0 Å². The highest BCUT2D eigenvalue weighted by Crippen LogP contribution is 2.36. The summed E-state index contributed by atoms with van der Waals surface area (Å²) < 4.78 is 12.0. The Labute approximate surface area is 131 Å². The van der Waals surface area contributed by atoms with Crippen LogP contribution < -0.4 is 5.32 Å². The fraction of sp³-hybridized carbons (Fsp3) is 1.00. The lowest BCUT2D eigenvalue weighted by atomic mass is 9.78. The van der Waals surface area contributed by atoms with E-state index in [9.17, 15) is 0 Å². The molecule has 1 aliphatic heterocycles. The van der Waals surface area contributed by atoms with E-state index < -0.39 is 0 Å². The van der Waals surface area contributed by atoms with Crippen LogP contribution in [-0.2, 0) is 9.47 Å². The Bertz CT molecular complexity index is 307. The zero-order chi connectivity index (χ0) is 15.3. The maximum absolute atomic E-state index is 6.56. The Kier molecular flexibility index (Phi) is 6.10. The Hall–Kier alpha value is -0.120. The van der Waals surface area contributed by atoms with Crippen LogP contribution in [0, 0.1) is 11.8 Å². The van der Waals surface area contributed by atoms with Crippen LogP contribution in [0.15, 0.2) is 0 Å². The quantitative estimate of drug-likeness (QED) is 0.838. The van der Waals surface area contributed by atoms with E-state index in [2.05, 4.69) is 33.0 Å². The van der Waals surface area contributed by atoms with Gasteiger partial charge in [-0.2, -0.15) is 0 Å². The average Bonchev–Trinajstić information content (AvgIpc) is 2.44. The van der Waals surface area contributed by atoms with Gasteiger partial charge in [-0.3, -0.25) is 0 Å². The van der Waals surface area contributed by atoms with Crippen LogP contribution in [0.5, 0.6) is 0 Å². The van der Waals surface area contributed by atoms with E-state index in [4.69, 9.17) is 9.47 Å². The van der Waals surface area contributed by atoms with Gasteiger partial charge < -0.3 is 14.8 Å². The van der Waals surface area contributed by atoms with Crippen LogP contribution in [0.2, 0.25) is 0 Å². The summed E-state index contributed by atoms with van der Waals surface area (Å²) in [6.07, 6.45) is 7.41. The van der Waals surface area contributed by atoms with Gasteiger partial charge in [-0.1, -0.05) is 19.8 Å². The van der Waals surface area contributed by atoms with Crippen LogP contribution in [0.25, 0.3) is 0 Å². The van der Waals surface area contributed by atoms with Crippen molar-refractivity contribution in [1.82, 2.24) is 5.32 Å². The third kappa shape index (κ3) is 5.88. The molecule has 124 valence electrons. The van der Waals surface area contributed by atoms with E-state index in [1.165, 1.54) is 38.5 Å². The second-order valence-corrected chi connectivity index (χ2v) is 8.35. The molecule has 1 aliphatic carbocycles. The first-order valence-electron chi connectivity index (χ1n) is 8.85. The van der Waals surface area contributed by atoms with E-state index in [-0.39, 0.29) is 11.1 Å². The van der Waals surface area contributed by atoms with Crippen molar-refractivity contribution in [2.24, 2.45) is 11.8 Å². The molecule has 0 aromatic heterocycles. The zero-order valence-electron chi connectivity index (χ0n) is 14.5. The van der Waals surface area contributed by atoms with E-state index >= 15 is 0 Å².